The van der Waals surface area contributed by atoms with Gasteiger partial charge in [-0.05, 0) is 67.4 Å². The molecule has 1 amide bonds. The van der Waals surface area contributed by atoms with Crippen molar-refractivity contribution < 1.29 is 23.5 Å². The van der Waals surface area contributed by atoms with Crippen LogP contribution >= 0.6 is 15.9 Å². The summed E-state index contributed by atoms with van der Waals surface area (Å²) in [5.41, 5.74) is 4.88. The van der Waals surface area contributed by atoms with Gasteiger partial charge in [-0.25, -0.2) is 10.2 Å². The summed E-state index contributed by atoms with van der Waals surface area (Å²) < 4.78 is 16.8. The lowest BCUT2D eigenvalue weighted by atomic mass is 10.1. The number of amides is 1. The first-order valence-electron chi connectivity index (χ1n) is 9.65. The standard InChI is InChI=1S/C24H21BrN2O5/c1-16-5-6-17(2)22(12-16)31-15-23(28)27-26-14-18-13-19(25)7-9-21(18)32-24(29)10-8-20-4-3-11-30-20/h3-14H,15H2,1-2H3,(H,27,28)/b10-8+,26-14+. The fraction of sp³-hybridized carbons (Fsp3) is 0.125. The first-order chi connectivity index (χ1) is 15.4. The summed E-state index contributed by atoms with van der Waals surface area (Å²) in [6.07, 6.45) is 5.66. The summed E-state index contributed by atoms with van der Waals surface area (Å²) in [6.45, 7) is 3.68. The molecule has 0 aliphatic heterocycles. The molecule has 0 atom stereocenters. The molecule has 164 valence electrons. The summed E-state index contributed by atoms with van der Waals surface area (Å²) >= 11 is 3.37. The van der Waals surface area contributed by atoms with Crippen molar-refractivity contribution >= 4 is 40.1 Å². The van der Waals surface area contributed by atoms with Gasteiger partial charge in [0, 0.05) is 16.1 Å². The van der Waals surface area contributed by atoms with E-state index in [4.69, 9.17) is 13.9 Å². The number of ether oxygens (including phenoxy) is 2. The van der Waals surface area contributed by atoms with Crippen molar-refractivity contribution in [3.05, 3.63) is 87.8 Å². The van der Waals surface area contributed by atoms with Crippen LogP contribution in [0.15, 0.2) is 74.9 Å². The molecule has 3 rings (SSSR count). The Morgan fingerprint density at radius 1 is 1.12 bits per heavy atom. The number of nitrogens with zero attached hydrogens (tertiary/aromatic N) is 1. The van der Waals surface area contributed by atoms with Crippen LogP contribution in [0.25, 0.3) is 6.08 Å². The van der Waals surface area contributed by atoms with Crippen molar-refractivity contribution in [2.45, 2.75) is 13.8 Å². The average molecular weight is 497 g/mol. The van der Waals surface area contributed by atoms with E-state index < -0.39 is 11.9 Å². The summed E-state index contributed by atoms with van der Waals surface area (Å²) in [6, 6.07) is 14.3. The number of halogens is 1. The van der Waals surface area contributed by atoms with Crippen LogP contribution in [0.3, 0.4) is 0 Å². The number of rotatable bonds is 8. The highest BCUT2D eigenvalue weighted by Gasteiger charge is 2.08. The van der Waals surface area contributed by atoms with Gasteiger partial charge in [0.15, 0.2) is 6.61 Å². The first-order valence-corrected chi connectivity index (χ1v) is 10.4. The van der Waals surface area contributed by atoms with E-state index in [1.54, 1.807) is 30.3 Å². The summed E-state index contributed by atoms with van der Waals surface area (Å²) in [5.74, 6) is 0.464. The van der Waals surface area contributed by atoms with E-state index >= 15 is 0 Å². The van der Waals surface area contributed by atoms with E-state index in [1.165, 1.54) is 24.6 Å². The number of nitrogens with one attached hydrogen (secondary N) is 1. The van der Waals surface area contributed by atoms with Crippen LogP contribution in [0.5, 0.6) is 11.5 Å². The zero-order valence-electron chi connectivity index (χ0n) is 17.5. The third-order valence-corrected chi connectivity index (χ3v) is 4.70. The van der Waals surface area contributed by atoms with E-state index in [0.717, 1.165) is 15.6 Å². The van der Waals surface area contributed by atoms with Crippen molar-refractivity contribution in [1.82, 2.24) is 5.43 Å². The minimum Gasteiger partial charge on any atom is -0.483 e. The SMILES string of the molecule is Cc1ccc(C)c(OCC(=O)N/N=C/c2cc(Br)ccc2OC(=O)/C=C/c2ccco2)c1. The van der Waals surface area contributed by atoms with E-state index in [9.17, 15) is 9.59 Å². The number of carbonyl (C=O) groups is 2. The normalized spacial score (nSPS) is 11.1. The highest BCUT2D eigenvalue weighted by Crippen LogP contribution is 2.22. The third kappa shape index (κ3) is 6.95. The zero-order valence-corrected chi connectivity index (χ0v) is 19.1. The minimum absolute atomic E-state index is 0.181. The van der Waals surface area contributed by atoms with Gasteiger partial charge in [0.25, 0.3) is 5.91 Å². The second-order valence-electron chi connectivity index (χ2n) is 6.80. The predicted molar refractivity (Wildman–Crippen MR) is 125 cm³/mol. The van der Waals surface area contributed by atoms with Gasteiger partial charge in [-0.15, -0.1) is 0 Å². The Labute approximate surface area is 193 Å². The van der Waals surface area contributed by atoms with Crippen molar-refractivity contribution in [1.29, 1.82) is 0 Å². The van der Waals surface area contributed by atoms with Crippen LogP contribution in [0.1, 0.15) is 22.5 Å². The van der Waals surface area contributed by atoms with Gasteiger partial charge in [-0.2, -0.15) is 5.10 Å². The largest absolute Gasteiger partial charge is 0.483 e. The summed E-state index contributed by atoms with van der Waals surface area (Å²) in [5, 5.41) is 3.94. The van der Waals surface area contributed by atoms with Crippen LogP contribution in [0.4, 0.5) is 0 Å². The lowest BCUT2D eigenvalue weighted by Crippen LogP contribution is -2.24. The summed E-state index contributed by atoms with van der Waals surface area (Å²) in [4.78, 5) is 24.2. The van der Waals surface area contributed by atoms with Gasteiger partial charge in [0.2, 0.25) is 0 Å². The van der Waals surface area contributed by atoms with Crippen LogP contribution in [-0.2, 0) is 9.59 Å². The highest BCUT2D eigenvalue weighted by molar-refractivity contribution is 9.10. The Balaban J connectivity index is 1.58. The molecule has 8 heteroatoms. The van der Waals surface area contributed by atoms with Gasteiger partial charge < -0.3 is 13.9 Å². The van der Waals surface area contributed by atoms with E-state index in [1.807, 2.05) is 32.0 Å². The number of hydrogen-bond donors (Lipinski definition) is 1. The smallest absolute Gasteiger partial charge is 0.336 e. The molecular formula is C24H21BrN2O5. The van der Waals surface area contributed by atoms with Crippen molar-refractivity contribution in [2.24, 2.45) is 5.10 Å². The molecule has 1 heterocycles. The molecule has 0 aliphatic rings. The van der Waals surface area contributed by atoms with E-state index in [0.29, 0.717) is 17.1 Å². The van der Waals surface area contributed by atoms with Crippen LogP contribution in [0, 0.1) is 13.8 Å². The molecule has 0 aliphatic carbocycles. The first kappa shape index (κ1) is 23.0. The second kappa shape index (κ2) is 11.1. The Morgan fingerprint density at radius 3 is 2.75 bits per heavy atom. The van der Waals surface area contributed by atoms with Crippen LogP contribution in [-0.4, -0.2) is 24.7 Å². The fourth-order valence-corrected chi connectivity index (χ4v) is 2.98. The molecule has 2 aromatic carbocycles. The van der Waals surface area contributed by atoms with Crippen molar-refractivity contribution in [3.63, 3.8) is 0 Å². The third-order valence-electron chi connectivity index (χ3n) is 4.20. The molecule has 0 fully saturated rings. The van der Waals surface area contributed by atoms with Crippen molar-refractivity contribution in [3.8, 4) is 11.5 Å². The number of benzene rings is 2. The maximum absolute atomic E-state index is 12.1. The quantitative estimate of drug-likeness (QED) is 0.159. The number of furan rings is 1. The molecule has 32 heavy (non-hydrogen) atoms. The predicted octanol–water partition coefficient (Wildman–Crippen LogP) is 4.81. The molecule has 0 saturated heterocycles. The average Bonchev–Trinajstić information content (AvgIpc) is 3.28. The molecular weight excluding hydrogens is 476 g/mol. The second-order valence-corrected chi connectivity index (χ2v) is 7.72. The van der Waals surface area contributed by atoms with Gasteiger partial charge in [-0.1, -0.05) is 28.1 Å². The minimum atomic E-state index is -0.579. The molecule has 0 radical (unpaired) electrons. The van der Waals surface area contributed by atoms with Gasteiger partial charge in [0.05, 0.1) is 12.5 Å². The number of aryl methyl sites for hydroxylation is 2. The maximum Gasteiger partial charge on any atom is 0.336 e. The van der Waals surface area contributed by atoms with Gasteiger partial charge in [0.1, 0.15) is 17.3 Å². The van der Waals surface area contributed by atoms with Gasteiger partial charge in [-0.3, -0.25) is 4.79 Å². The molecule has 3 aromatic rings. The van der Waals surface area contributed by atoms with E-state index in [-0.39, 0.29) is 12.4 Å². The maximum atomic E-state index is 12.1. The number of carbonyl (C=O) groups excluding carboxylic acids is 2. The fourth-order valence-electron chi connectivity index (χ4n) is 2.60. The van der Waals surface area contributed by atoms with Gasteiger partial charge >= 0.3 is 5.97 Å². The zero-order chi connectivity index (χ0) is 22.9. The highest BCUT2D eigenvalue weighted by atomic mass is 79.9. The Morgan fingerprint density at radius 2 is 1.97 bits per heavy atom. The monoisotopic (exact) mass is 496 g/mol. The number of esters is 1. The Hall–Kier alpha value is -3.65. The topological polar surface area (TPSA) is 90.1 Å². The molecule has 1 N–H and O–H groups in total. The molecule has 0 unspecified atom stereocenters. The van der Waals surface area contributed by atoms with Crippen molar-refractivity contribution in [2.75, 3.05) is 6.61 Å². The lowest BCUT2D eigenvalue weighted by Gasteiger charge is -2.09. The Bertz CT molecular complexity index is 1150. The Kier molecular flexibility index (Phi) is 7.99. The molecule has 1 aromatic heterocycles. The number of hydrazone groups is 1. The van der Waals surface area contributed by atoms with Crippen LogP contribution in [0.2, 0.25) is 0 Å². The lowest BCUT2D eigenvalue weighted by molar-refractivity contribution is -0.129. The molecule has 7 nitrogen and oxygen atoms in total. The molecule has 0 spiro atoms. The van der Waals surface area contributed by atoms with E-state index in [2.05, 4.69) is 26.5 Å². The van der Waals surface area contributed by atoms with Crippen LogP contribution < -0.4 is 14.9 Å². The summed E-state index contributed by atoms with van der Waals surface area (Å²) in [7, 11) is 0. The molecule has 0 saturated carbocycles. The number of hydrogen-bond acceptors (Lipinski definition) is 6. The molecule has 0 bridgehead atoms.